The highest BCUT2D eigenvalue weighted by Crippen LogP contribution is 2.44. The standard InChI is InChI=1S/C24H28N2O5/c1-4-21(23(28)29)26(3)22(27)15(2)13-25-24(30)31-14-20-18-11-7-5-9-16(18)17-10-6-8-12-19(17)20/h5-12,15,20-21H,4,13-14H2,1-3H3,(H,25,30)(H,28,29). The third-order valence-electron chi connectivity index (χ3n) is 5.80. The Kier molecular flexibility index (Phi) is 6.95. The Labute approximate surface area is 182 Å². The number of aliphatic carboxylic acids is 1. The monoisotopic (exact) mass is 424 g/mol. The molecule has 7 heteroatoms. The van der Waals surface area contributed by atoms with E-state index in [0.29, 0.717) is 6.42 Å². The molecule has 3 rings (SSSR count). The van der Waals surface area contributed by atoms with Gasteiger partial charge in [0.2, 0.25) is 5.91 Å². The largest absolute Gasteiger partial charge is 0.480 e. The number of carbonyl (C=O) groups excluding carboxylic acids is 2. The molecule has 0 saturated carbocycles. The van der Waals surface area contributed by atoms with Gasteiger partial charge in [0.1, 0.15) is 12.6 Å². The van der Waals surface area contributed by atoms with Gasteiger partial charge in [-0.2, -0.15) is 0 Å². The average Bonchev–Trinajstić information content (AvgIpc) is 3.09. The van der Waals surface area contributed by atoms with Crippen molar-refractivity contribution in [2.45, 2.75) is 32.2 Å². The van der Waals surface area contributed by atoms with Gasteiger partial charge in [-0.25, -0.2) is 9.59 Å². The van der Waals surface area contributed by atoms with Gasteiger partial charge in [-0.3, -0.25) is 4.79 Å². The van der Waals surface area contributed by atoms with Crippen LogP contribution in [0.15, 0.2) is 48.5 Å². The van der Waals surface area contributed by atoms with E-state index in [1.807, 2.05) is 36.4 Å². The molecule has 1 aliphatic rings. The zero-order valence-electron chi connectivity index (χ0n) is 18.0. The lowest BCUT2D eigenvalue weighted by atomic mass is 9.98. The van der Waals surface area contributed by atoms with Crippen molar-refractivity contribution in [1.82, 2.24) is 10.2 Å². The van der Waals surface area contributed by atoms with Gasteiger partial charge in [0, 0.05) is 19.5 Å². The summed E-state index contributed by atoms with van der Waals surface area (Å²) in [5, 5.41) is 11.8. The summed E-state index contributed by atoms with van der Waals surface area (Å²) >= 11 is 0. The zero-order valence-corrected chi connectivity index (χ0v) is 18.0. The number of likely N-dealkylation sites (N-methyl/N-ethyl adjacent to an activating group) is 1. The van der Waals surface area contributed by atoms with Crippen molar-refractivity contribution in [3.63, 3.8) is 0 Å². The Hall–Kier alpha value is -3.35. The molecule has 0 radical (unpaired) electrons. The van der Waals surface area contributed by atoms with E-state index < -0.39 is 24.0 Å². The molecule has 2 aromatic carbocycles. The molecule has 2 N–H and O–H groups in total. The molecule has 0 fully saturated rings. The number of carboxylic acids is 1. The van der Waals surface area contributed by atoms with Crippen LogP contribution in [0.5, 0.6) is 0 Å². The van der Waals surface area contributed by atoms with Gasteiger partial charge in [-0.05, 0) is 28.7 Å². The molecule has 0 aromatic heterocycles. The van der Waals surface area contributed by atoms with Crippen LogP contribution in [0.1, 0.15) is 37.3 Å². The third kappa shape index (κ3) is 4.71. The Balaban J connectivity index is 1.55. The van der Waals surface area contributed by atoms with Crippen LogP contribution in [0.2, 0.25) is 0 Å². The topological polar surface area (TPSA) is 95.9 Å². The number of amides is 2. The van der Waals surface area contributed by atoms with Crippen LogP contribution in [0.3, 0.4) is 0 Å². The molecular weight excluding hydrogens is 396 g/mol. The fourth-order valence-corrected chi connectivity index (χ4v) is 4.09. The van der Waals surface area contributed by atoms with Crippen LogP contribution in [0.4, 0.5) is 4.79 Å². The maximum absolute atomic E-state index is 12.5. The first-order valence-electron chi connectivity index (χ1n) is 10.4. The van der Waals surface area contributed by atoms with Crippen molar-refractivity contribution in [1.29, 1.82) is 0 Å². The van der Waals surface area contributed by atoms with E-state index >= 15 is 0 Å². The molecule has 0 spiro atoms. The molecule has 0 aliphatic heterocycles. The summed E-state index contributed by atoms with van der Waals surface area (Å²) in [5.41, 5.74) is 4.55. The fourth-order valence-electron chi connectivity index (χ4n) is 4.09. The van der Waals surface area contributed by atoms with Crippen molar-refractivity contribution in [2.24, 2.45) is 5.92 Å². The lowest BCUT2D eigenvalue weighted by Gasteiger charge is -2.26. The van der Waals surface area contributed by atoms with Crippen molar-refractivity contribution in [3.8, 4) is 11.1 Å². The lowest BCUT2D eigenvalue weighted by Crippen LogP contribution is -2.46. The van der Waals surface area contributed by atoms with Gasteiger partial charge in [0.25, 0.3) is 0 Å². The van der Waals surface area contributed by atoms with E-state index in [0.717, 1.165) is 22.3 Å². The molecule has 2 amide bonds. The molecule has 0 heterocycles. The predicted octanol–water partition coefficient (Wildman–Crippen LogP) is 3.48. The highest BCUT2D eigenvalue weighted by Gasteiger charge is 2.30. The number of fused-ring (bicyclic) bond motifs is 3. The minimum Gasteiger partial charge on any atom is -0.480 e. The summed E-state index contributed by atoms with van der Waals surface area (Å²) in [6.45, 7) is 3.62. The summed E-state index contributed by atoms with van der Waals surface area (Å²) in [6.07, 6.45) is -0.293. The van der Waals surface area contributed by atoms with Gasteiger partial charge in [0.05, 0.1) is 5.92 Å². The molecular formula is C24H28N2O5. The number of hydrogen-bond donors (Lipinski definition) is 2. The summed E-state index contributed by atoms with van der Waals surface area (Å²) in [4.78, 5) is 37.2. The van der Waals surface area contributed by atoms with Gasteiger partial charge in [-0.15, -0.1) is 0 Å². The quantitative estimate of drug-likeness (QED) is 0.676. The van der Waals surface area contributed by atoms with Crippen molar-refractivity contribution in [3.05, 3.63) is 59.7 Å². The minimum atomic E-state index is -1.05. The van der Waals surface area contributed by atoms with Crippen LogP contribution in [-0.2, 0) is 14.3 Å². The molecule has 31 heavy (non-hydrogen) atoms. The first kappa shape index (κ1) is 22.3. The van der Waals surface area contributed by atoms with Crippen molar-refractivity contribution < 1.29 is 24.2 Å². The third-order valence-corrected chi connectivity index (χ3v) is 5.80. The SMILES string of the molecule is CCC(C(=O)O)N(C)C(=O)C(C)CNC(=O)OCC1c2ccccc2-c2ccccc21. The maximum atomic E-state index is 12.5. The Morgan fingerprint density at radius 2 is 1.61 bits per heavy atom. The number of alkyl carbamates (subject to hydrolysis) is 1. The Morgan fingerprint density at radius 1 is 1.06 bits per heavy atom. The molecule has 1 aliphatic carbocycles. The minimum absolute atomic E-state index is 0.0378. The first-order valence-corrected chi connectivity index (χ1v) is 10.4. The van der Waals surface area contributed by atoms with Crippen LogP contribution in [-0.4, -0.2) is 54.2 Å². The van der Waals surface area contributed by atoms with E-state index in [2.05, 4.69) is 17.4 Å². The first-order chi connectivity index (χ1) is 14.8. The Morgan fingerprint density at radius 3 is 2.13 bits per heavy atom. The van der Waals surface area contributed by atoms with Gasteiger partial charge in [-0.1, -0.05) is 62.4 Å². The summed E-state index contributed by atoms with van der Waals surface area (Å²) in [7, 11) is 1.47. The summed E-state index contributed by atoms with van der Waals surface area (Å²) < 4.78 is 5.47. The van der Waals surface area contributed by atoms with Gasteiger partial charge in [0.15, 0.2) is 0 Å². The van der Waals surface area contributed by atoms with E-state index in [-0.39, 0.29) is 25.0 Å². The molecule has 0 bridgehead atoms. The number of benzene rings is 2. The number of ether oxygens (including phenoxy) is 1. The summed E-state index contributed by atoms with van der Waals surface area (Å²) in [5.74, 6) is -1.99. The molecule has 0 saturated heterocycles. The second-order valence-electron chi connectivity index (χ2n) is 7.82. The average molecular weight is 424 g/mol. The normalized spacial score (nSPS) is 14.2. The highest BCUT2D eigenvalue weighted by atomic mass is 16.5. The maximum Gasteiger partial charge on any atom is 0.407 e. The predicted molar refractivity (Wildman–Crippen MR) is 117 cm³/mol. The molecule has 7 nitrogen and oxygen atoms in total. The number of nitrogens with one attached hydrogen (secondary N) is 1. The molecule has 2 aromatic rings. The number of carbonyl (C=O) groups is 3. The van der Waals surface area contributed by atoms with Crippen LogP contribution in [0, 0.1) is 5.92 Å². The lowest BCUT2D eigenvalue weighted by molar-refractivity contribution is -0.150. The second kappa shape index (κ2) is 9.64. The van der Waals surface area contributed by atoms with Crippen LogP contribution < -0.4 is 5.32 Å². The van der Waals surface area contributed by atoms with Crippen LogP contribution in [0.25, 0.3) is 11.1 Å². The number of carboxylic acid groups (broad SMARTS) is 1. The molecule has 164 valence electrons. The van der Waals surface area contributed by atoms with E-state index in [4.69, 9.17) is 4.74 Å². The van der Waals surface area contributed by atoms with E-state index in [1.165, 1.54) is 11.9 Å². The highest BCUT2D eigenvalue weighted by molar-refractivity contribution is 5.85. The fraction of sp³-hybridized carbons (Fsp3) is 0.375. The van der Waals surface area contributed by atoms with Crippen molar-refractivity contribution in [2.75, 3.05) is 20.2 Å². The van der Waals surface area contributed by atoms with Gasteiger partial charge >= 0.3 is 12.1 Å². The summed E-state index contributed by atoms with van der Waals surface area (Å²) in [6, 6.07) is 15.3. The molecule has 2 atom stereocenters. The smallest absolute Gasteiger partial charge is 0.407 e. The number of hydrogen-bond acceptors (Lipinski definition) is 4. The van der Waals surface area contributed by atoms with Crippen molar-refractivity contribution >= 4 is 18.0 Å². The van der Waals surface area contributed by atoms with E-state index in [1.54, 1.807) is 13.8 Å². The number of rotatable bonds is 8. The number of nitrogens with zero attached hydrogens (tertiary/aromatic N) is 1. The molecule has 2 unspecified atom stereocenters. The van der Waals surface area contributed by atoms with E-state index in [9.17, 15) is 19.5 Å². The zero-order chi connectivity index (χ0) is 22.5. The second-order valence-corrected chi connectivity index (χ2v) is 7.82. The Bertz CT molecular complexity index is 928. The van der Waals surface area contributed by atoms with Gasteiger partial charge < -0.3 is 20.1 Å². The van der Waals surface area contributed by atoms with Crippen LogP contribution >= 0.6 is 0 Å².